The third-order valence-electron chi connectivity index (χ3n) is 10.9. The van der Waals surface area contributed by atoms with E-state index in [0.717, 1.165) is 16.7 Å². The highest BCUT2D eigenvalue weighted by atomic mass is 32.1. The fraction of sp³-hybridized carbons (Fsp3) is 0.133. The van der Waals surface area contributed by atoms with Gasteiger partial charge in [-0.1, -0.05) is 149 Å². The first-order chi connectivity index (χ1) is 23.8. The summed E-state index contributed by atoms with van der Waals surface area (Å²) in [5, 5.41) is 2.79. The minimum Gasteiger partial charge on any atom is -0.208 e. The van der Waals surface area contributed by atoms with Crippen LogP contribution in [0.4, 0.5) is 0 Å². The van der Waals surface area contributed by atoms with Gasteiger partial charge in [0.15, 0.2) is 17.5 Å². The number of fused-ring (bicyclic) bond motifs is 7. The molecule has 8 aromatic rings. The Morgan fingerprint density at radius 2 is 0.939 bits per heavy atom. The number of rotatable bonds is 4. The molecule has 4 heteroatoms. The van der Waals surface area contributed by atoms with Crippen molar-refractivity contribution in [1.82, 2.24) is 15.0 Å². The zero-order valence-corrected chi connectivity index (χ0v) is 28.8. The van der Waals surface area contributed by atoms with Gasteiger partial charge in [-0.3, -0.25) is 0 Å². The summed E-state index contributed by atoms with van der Waals surface area (Å²) in [6.45, 7) is 9.71. The summed E-state index contributed by atoms with van der Waals surface area (Å²) in [5.41, 5.74) is 10.6. The fourth-order valence-corrected chi connectivity index (χ4v) is 8.68. The van der Waals surface area contributed by atoms with Crippen LogP contribution in [0.3, 0.4) is 0 Å². The summed E-state index contributed by atoms with van der Waals surface area (Å²) in [5.74, 6) is 2.00. The molecule has 0 N–H and O–H groups in total. The van der Waals surface area contributed by atoms with Crippen LogP contribution in [0.25, 0.3) is 76.6 Å². The van der Waals surface area contributed by atoms with E-state index in [9.17, 15) is 0 Å². The van der Waals surface area contributed by atoms with Crippen molar-refractivity contribution in [3.63, 3.8) is 0 Å². The van der Waals surface area contributed by atoms with Crippen molar-refractivity contribution in [3.8, 4) is 56.4 Å². The average molecular weight is 650 g/mol. The van der Waals surface area contributed by atoms with Crippen molar-refractivity contribution in [2.24, 2.45) is 0 Å². The molecule has 1 aliphatic rings. The first kappa shape index (κ1) is 29.7. The van der Waals surface area contributed by atoms with E-state index in [1.807, 2.05) is 72.0 Å². The lowest BCUT2D eigenvalue weighted by molar-refractivity contribution is 0.301. The highest BCUT2D eigenvalue weighted by Gasteiger charge is 2.47. The monoisotopic (exact) mass is 649 g/mol. The van der Waals surface area contributed by atoms with Gasteiger partial charge in [0.05, 0.1) is 0 Å². The lowest BCUT2D eigenvalue weighted by Gasteiger charge is -2.49. The van der Waals surface area contributed by atoms with Crippen molar-refractivity contribution in [2.45, 2.75) is 38.5 Å². The fourth-order valence-electron chi connectivity index (χ4n) is 7.56. The highest BCUT2D eigenvalue weighted by Crippen LogP contribution is 2.57. The van der Waals surface area contributed by atoms with E-state index in [1.165, 1.54) is 53.6 Å². The second-order valence-corrected chi connectivity index (χ2v) is 15.2. The first-order valence-electron chi connectivity index (χ1n) is 16.9. The van der Waals surface area contributed by atoms with E-state index in [2.05, 4.69) is 107 Å². The molecule has 236 valence electrons. The lowest BCUT2D eigenvalue weighted by Crippen LogP contribution is -2.43. The summed E-state index contributed by atoms with van der Waals surface area (Å²) in [6.07, 6.45) is 0. The van der Waals surface area contributed by atoms with Gasteiger partial charge >= 0.3 is 0 Å². The van der Waals surface area contributed by atoms with Crippen LogP contribution in [0, 0.1) is 0 Å². The predicted molar refractivity (Wildman–Crippen MR) is 206 cm³/mol. The van der Waals surface area contributed by atoms with Crippen molar-refractivity contribution in [3.05, 3.63) is 151 Å². The van der Waals surface area contributed by atoms with Gasteiger partial charge in [0.2, 0.25) is 0 Å². The minimum atomic E-state index is -0.102. The Bertz CT molecular complexity index is 2470. The van der Waals surface area contributed by atoms with E-state index in [0.29, 0.717) is 17.5 Å². The Morgan fingerprint density at radius 1 is 0.429 bits per heavy atom. The van der Waals surface area contributed by atoms with Crippen molar-refractivity contribution >= 4 is 31.5 Å². The molecular formula is C45H35N3S. The molecule has 0 unspecified atom stereocenters. The van der Waals surface area contributed by atoms with Crippen LogP contribution in [0.5, 0.6) is 0 Å². The van der Waals surface area contributed by atoms with E-state index in [1.54, 1.807) is 0 Å². The molecule has 0 saturated carbocycles. The number of hydrogen-bond donors (Lipinski definition) is 0. The van der Waals surface area contributed by atoms with E-state index >= 15 is 0 Å². The van der Waals surface area contributed by atoms with Crippen molar-refractivity contribution in [2.75, 3.05) is 0 Å². The zero-order chi connectivity index (χ0) is 33.3. The van der Waals surface area contributed by atoms with Gasteiger partial charge in [0.25, 0.3) is 0 Å². The van der Waals surface area contributed by atoms with Crippen LogP contribution in [-0.2, 0) is 10.8 Å². The molecule has 3 nitrogen and oxygen atoms in total. The van der Waals surface area contributed by atoms with Gasteiger partial charge in [0.1, 0.15) is 0 Å². The van der Waals surface area contributed by atoms with Crippen LogP contribution >= 0.6 is 11.3 Å². The Hall–Kier alpha value is -5.45. The number of aromatic nitrogens is 3. The molecule has 2 aromatic heterocycles. The third-order valence-corrected chi connectivity index (χ3v) is 12.0. The molecule has 6 aromatic carbocycles. The molecule has 9 rings (SSSR count). The largest absolute Gasteiger partial charge is 0.208 e. The molecule has 0 atom stereocenters. The van der Waals surface area contributed by atoms with Crippen LogP contribution in [0.1, 0.15) is 38.8 Å². The van der Waals surface area contributed by atoms with Crippen molar-refractivity contribution < 1.29 is 0 Å². The quantitative estimate of drug-likeness (QED) is 0.190. The molecule has 0 spiro atoms. The molecule has 0 radical (unpaired) electrons. The molecule has 49 heavy (non-hydrogen) atoms. The maximum atomic E-state index is 4.93. The van der Waals surface area contributed by atoms with Gasteiger partial charge in [-0.25, -0.2) is 15.0 Å². The molecule has 0 saturated heterocycles. The maximum absolute atomic E-state index is 4.93. The van der Waals surface area contributed by atoms with Crippen molar-refractivity contribution in [1.29, 1.82) is 0 Å². The summed E-state index contributed by atoms with van der Waals surface area (Å²) in [7, 11) is 0. The van der Waals surface area contributed by atoms with Crippen LogP contribution < -0.4 is 0 Å². The van der Waals surface area contributed by atoms with Gasteiger partial charge in [-0.05, 0) is 57.0 Å². The number of thiophene rings is 1. The Morgan fingerprint density at radius 3 is 1.57 bits per heavy atom. The molecule has 1 aliphatic carbocycles. The van der Waals surface area contributed by atoms with E-state index < -0.39 is 0 Å². The highest BCUT2D eigenvalue weighted by molar-refractivity contribution is 7.25. The van der Waals surface area contributed by atoms with Crippen LogP contribution in [0.15, 0.2) is 140 Å². The van der Waals surface area contributed by atoms with E-state index in [-0.39, 0.29) is 10.8 Å². The normalized spacial score (nSPS) is 14.4. The molecule has 0 amide bonds. The van der Waals surface area contributed by atoms with E-state index in [4.69, 9.17) is 15.0 Å². The average Bonchev–Trinajstić information content (AvgIpc) is 3.53. The summed E-state index contributed by atoms with van der Waals surface area (Å²) < 4.78 is 2.72. The Balaban J connectivity index is 1.14. The van der Waals surface area contributed by atoms with Crippen LogP contribution in [-0.4, -0.2) is 15.0 Å². The SMILES string of the molecule is CC1(C)c2cc(-c3ccc(-c4nc(-c5ccccc5)nc(-c5ccccc5)n4)cc3)ccc2-c2ccc3sc4ccccc4c3c2C1(C)C. The number of hydrogen-bond acceptors (Lipinski definition) is 4. The Kier molecular flexibility index (Phi) is 6.69. The number of nitrogens with zero attached hydrogens (tertiary/aromatic N) is 3. The molecule has 2 heterocycles. The van der Waals surface area contributed by atoms with Gasteiger partial charge in [-0.2, -0.15) is 0 Å². The standard InChI is InChI=1S/C45H35N3S/c1-44(2)36-27-32(23-24-33(36)34-25-26-38-39(40(34)45(44,3)4)35-17-11-12-18-37(35)49-38)28-19-21-31(22-20-28)43-47-41(29-13-7-5-8-14-29)46-42(48-43)30-15-9-6-10-16-30/h5-27H,1-4H3. The number of benzene rings is 6. The molecule has 0 bridgehead atoms. The summed E-state index contributed by atoms with van der Waals surface area (Å²) in [6, 6.07) is 49.5. The smallest absolute Gasteiger partial charge is 0.164 e. The third kappa shape index (κ3) is 4.66. The predicted octanol–water partition coefficient (Wildman–Crippen LogP) is 12.1. The molecule has 0 aliphatic heterocycles. The van der Waals surface area contributed by atoms with Gasteiger partial charge in [-0.15, -0.1) is 11.3 Å². The molecular weight excluding hydrogens is 615 g/mol. The molecule has 0 fully saturated rings. The maximum Gasteiger partial charge on any atom is 0.164 e. The summed E-state index contributed by atoms with van der Waals surface area (Å²) >= 11 is 1.90. The van der Waals surface area contributed by atoms with Gasteiger partial charge in [0, 0.05) is 42.3 Å². The van der Waals surface area contributed by atoms with Crippen LogP contribution in [0.2, 0.25) is 0 Å². The second kappa shape index (κ2) is 11.0. The first-order valence-corrected chi connectivity index (χ1v) is 17.7. The topological polar surface area (TPSA) is 38.7 Å². The zero-order valence-electron chi connectivity index (χ0n) is 28.0. The summed E-state index contributed by atoms with van der Waals surface area (Å²) in [4.78, 5) is 14.7. The van der Waals surface area contributed by atoms with Gasteiger partial charge < -0.3 is 0 Å². The lowest BCUT2D eigenvalue weighted by atomic mass is 9.54. The minimum absolute atomic E-state index is 0.0905. The Labute approximate surface area is 291 Å². The second-order valence-electron chi connectivity index (χ2n) is 14.1.